The molecule has 7 nitrogen and oxygen atoms in total. The minimum atomic E-state index is -5.21. The molecule has 1 spiro atoms. The van der Waals surface area contributed by atoms with Crippen LogP contribution in [-0.4, -0.2) is 79.8 Å². The summed E-state index contributed by atoms with van der Waals surface area (Å²) in [6, 6.07) is 10.4. The van der Waals surface area contributed by atoms with E-state index in [9.17, 15) is 27.9 Å². The van der Waals surface area contributed by atoms with Gasteiger partial charge in [-0.15, -0.1) is 0 Å². The molecule has 0 bridgehead atoms. The van der Waals surface area contributed by atoms with E-state index in [2.05, 4.69) is 4.90 Å². The lowest BCUT2D eigenvalue weighted by Gasteiger charge is -2.35. The summed E-state index contributed by atoms with van der Waals surface area (Å²) in [5, 5.41) is 11.2. The highest BCUT2D eigenvalue weighted by atomic mass is 35.5. The summed E-state index contributed by atoms with van der Waals surface area (Å²) in [5.74, 6) is -1.13. The number of hydrogen-bond donors (Lipinski definition) is 1. The zero-order valence-electron chi connectivity index (χ0n) is 24.7. The fourth-order valence-electron chi connectivity index (χ4n) is 5.95. The Kier molecular flexibility index (Phi) is 9.09. The molecule has 1 saturated heterocycles. The van der Waals surface area contributed by atoms with E-state index >= 15 is 0 Å². The normalized spacial score (nSPS) is 19.4. The third-order valence-corrected chi connectivity index (χ3v) is 9.44. The third-order valence-electron chi connectivity index (χ3n) is 9.13. The molecule has 1 heterocycles. The van der Waals surface area contributed by atoms with Gasteiger partial charge in [-0.1, -0.05) is 23.7 Å². The second-order valence-electron chi connectivity index (χ2n) is 11.9. The number of anilines is 1. The van der Waals surface area contributed by atoms with Crippen LogP contribution in [0, 0.1) is 11.3 Å². The minimum absolute atomic E-state index is 0.0553. The molecule has 1 aliphatic carbocycles. The molecule has 2 fully saturated rings. The van der Waals surface area contributed by atoms with E-state index < -0.39 is 23.2 Å². The van der Waals surface area contributed by atoms with Crippen LogP contribution in [0.1, 0.15) is 55.5 Å². The van der Waals surface area contributed by atoms with Crippen LogP contribution < -0.4 is 9.64 Å². The number of carbonyl (C=O) groups is 2. The van der Waals surface area contributed by atoms with Crippen LogP contribution in [0.4, 0.5) is 18.9 Å². The number of methoxy groups -OCH3 is 1. The van der Waals surface area contributed by atoms with E-state index in [0.29, 0.717) is 22.9 Å². The average molecular weight is 610 g/mol. The monoisotopic (exact) mass is 609 g/mol. The molecule has 1 aliphatic heterocycles. The molecule has 2 atom stereocenters. The van der Waals surface area contributed by atoms with Gasteiger partial charge in [-0.2, -0.15) is 13.2 Å². The highest BCUT2D eigenvalue weighted by Crippen LogP contribution is 2.61. The number of benzene rings is 2. The van der Waals surface area contributed by atoms with Gasteiger partial charge in [0, 0.05) is 51.0 Å². The number of halogens is 4. The van der Waals surface area contributed by atoms with Crippen molar-refractivity contribution < 1.29 is 32.6 Å². The highest BCUT2D eigenvalue weighted by molar-refractivity contribution is 6.34. The van der Waals surface area contributed by atoms with Crippen LogP contribution in [0.15, 0.2) is 42.5 Å². The van der Waals surface area contributed by atoms with Gasteiger partial charge < -0.3 is 24.5 Å². The Morgan fingerprint density at radius 1 is 1.14 bits per heavy atom. The van der Waals surface area contributed by atoms with Crippen molar-refractivity contribution >= 4 is 29.1 Å². The predicted octanol–water partition coefficient (Wildman–Crippen LogP) is 5.73. The number of carbonyl (C=O) groups excluding carboxylic acids is 2. The zero-order valence-corrected chi connectivity index (χ0v) is 25.4. The fourth-order valence-corrected chi connectivity index (χ4v) is 6.20. The Morgan fingerprint density at radius 2 is 1.81 bits per heavy atom. The molecule has 1 saturated carbocycles. The number of piperidine rings is 1. The van der Waals surface area contributed by atoms with E-state index in [4.69, 9.17) is 16.3 Å². The molecule has 1 N–H and O–H groups in total. The first-order valence-electron chi connectivity index (χ1n) is 14.2. The Bertz CT molecular complexity index is 1310. The fraction of sp³-hybridized carbons (Fsp3) is 0.548. The van der Waals surface area contributed by atoms with Crippen LogP contribution in [-0.2, 0) is 10.4 Å². The highest BCUT2D eigenvalue weighted by Gasteiger charge is 2.62. The molecule has 0 aromatic heterocycles. The molecule has 11 heteroatoms. The molecular formula is C31H39ClF3N3O4. The first-order valence-corrected chi connectivity index (χ1v) is 14.5. The number of likely N-dealkylation sites (N-methyl/N-ethyl adjacent to an activating group) is 1. The molecule has 0 unspecified atom stereocenters. The van der Waals surface area contributed by atoms with E-state index in [1.807, 2.05) is 26.0 Å². The molecule has 4 rings (SSSR count). The van der Waals surface area contributed by atoms with Crippen molar-refractivity contribution in [2.75, 3.05) is 45.7 Å². The van der Waals surface area contributed by atoms with E-state index in [1.54, 1.807) is 18.0 Å². The van der Waals surface area contributed by atoms with Crippen LogP contribution in [0.2, 0.25) is 5.02 Å². The van der Waals surface area contributed by atoms with Crippen molar-refractivity contribution in [1.82, 2.24) is 9.80 Å². The van der Waals surface area contributed by atoms with E-state index in [-0.39, 0.29) is 29.7 Å². The van der Waals surface area contributed by atoms with E-state index in [1.165, 1.54) is 26.3 Å². The number of amides is 2. The molecular weight excluding hydrogens is 571 g/mol. The number of hydrogen-bond acceptors (Lipinski definition) is 5. The number of aliphatic hydroxyl groups is 1. The van der Waals surface area contributed by atoms with Gasteiger partial charge in [0.25, 0.3) is 17.4 Å². The maximum atomic E-state index is 14.1. The Hall–Kier alpha value is -2.98. The number of alkyl halides is 3. The van der Waals surface area contributed by atoms with Gasteiger partial charge in [-0.05, 0) is 81.2 Å². The summed E-state index contributed by atoms with van der Waals surface area (Å²) in [6.07, 6.45) is -1.87. The van der Waals surface area contributed by atoms with Crippen LogP contribution in [0.25, 0.3) is 0 Å². The lowest BCUT2D eigenvalue weighted by Crippen LogP contribution is -2.55. The van der Waals surface area contributed by atoms with Crippen molar-refractivity contribution in [3.8, 4) is 5.75 Å². The van der Waals surface area contributed by atoms with Gasteiger partial charge in [-0.25, -0.2) is 0 Å². The molecule has 2 aliphatic rings. The molecule has 230 valence electrons. The zero-order chi connectivity index (χ0) is 31.0. The topological polar surface area (TPSA) is 73.3 Å². The molecule has 0 radical (unpaired) electrons. The summed E-state index contributed by atoms with van der Waals surface area (Å²) in [5.41, 5.74) is -2.73. The summed E-state index contributed by atoms with van der Waals surface area (Å²) < 4.78 is 47.3. The van der Waals surface area contributed by atoms with Gasteiger partial charge in [0.1, 0.15) is 5.75 Å². The Morgan fingerprint density at radius 3 is 2.38 bits per heavy atom. The van der Waals surface area contributed by atoms with Crippen molar-refractivity contribution in [1.29, 1.82) is 0 Å². The lowest BCUT2D eigenvalue weighted by molar-refractivity contribution is -0.261. The van der Waals surface area contributed by atoms with Crippen LogP contribution in [0.5, 0.6) is 5.75 Å². The average Bonchev–Trinajstić information content (AvgIpc) is 3.64. The molecule has 2 amide bonds. The summed E-state index contributed by atoms with van der Waals surface area (Å²) in [4.78, 5) is 30.6. The quantitative estimate of drug-likeness (QED) is 0.393. The van der Waals surface area contributed by atoms with Crippen LogP contribution >= 0.6 is 11.6 Å². The van der Waals surface area contributed by atoms with Crippen molar-refractivity contribution in [3.63, 3.8) is 0 Å². The largest absolute Gasteiger partial charge is 0.497 e. The maximum absolute atomic E-state index is 14.1. The summed E-state index contributed by atoms with van der Waals surface area (Å²) in [6.45, 7) is 5.58. The minimum Gasteiger partial charge on any atom is -0.497 e. The molecule has 2 aromatic rings. The SMILES string of the molecule is COc1cccc([C@@](O)(C(=O)N(C)CC[C@@H]2CC23CCN(c2ccc(C(=O)N(C)C(C)C)c(Cl)c2)CC3)C(F)(F)F)c1. The third kappa shape index (κ3) is 6.06. The van der Waals surface area contributed by atoms with Gasteiger partial charge >= 0.3 is 6.18 Å². The van der Waals surface area contributed by atoms with Crippen molar-refractivity contribution in [3.05, 3.63) is 58.6 Å². The lowest BCUT2D eigenvalue weighted by atomic mass is 9.89. The molecule has 42 heavy (non-hydrogen) atoms. The van der Waals surface area contributed by atoms with E-state index in [0.717, 1.165) is 55.1 Å². The second-order valence-corrected chi connectivity index (χ2v) is 12.3. The summed E-state index contributed by atoms with van der Waals surface area (Å²) >= 11 is 6.49. The summed E-state index contributed by atoms with van der Waals surface area (Å²) in [7, 11) is 4.35. The standard InChI is InChI=1S/C31H39ClF3N3O4/c1-20(2)37(4)27(39)25-10-9-23(18-26(25)32)38-15-12-29(13-16-38)19-22(29)11-14-36(3)28(40)30(41,31(33,34)35)21-7-6-8-24(17-21)42-5/h6-10,17-18,20,22,41H,11-16,19H2,1-5H3/t22-,30-/m1/s1. The first kappa shape index (κ1) is 31.9. The predicted molar refractivity (Wildman–Crippen MR) is 156 cm³/mol. The Balaban J connectivity index is 1.34. The maximum Gasteiger partial charge on any atom is 0.430 e. The Labute approximate surface area is 250 Å². The first-order chi connectivity index (χ1) is 19.6. The van der Waals surface area contributed by atoms with Gasteiger partial charge in [0.15, 0.2) is 0 Å². The van der Waals surface area contributed by atoms with Crippen LogP contribution in [0.3, 0.4) is 0 Å². The smallest absolute Gasteiger partial charge is 0.430 e. The number of ether oxygens (including phenoxy) is 1. The van der Waals surface area contributed by atoms with Gasteiger partial charge in [0.2, 0.25) is 0 Å². The van der Waals surface area contributed by atoms with Gasteiger partial charge in [0.05, 0.1) is 17.7 Å². The molecule has 2 aromatic carbocycles. The van der Waals surface area contributed by atoms with Gasteiger partial charge in [-0.3, -0.25) is 9.59 Å². The van der Waals surface area contributed by atoms with Crippen molar-refractivity contribution in [2.45, 2.75) is 57.3 Å². The van der Waals surface area contributed by atoms with Crippen molar-refractivity contribution in [2.24, 2.45) is 11.3 Å². The number of rotatable bonds is 9. The number of nitrogens with zero attached hydrogens (tertiary/aromatic N) is 3. The second kappa shape index (κ2) is 12.0.